The Hall–Kier alpha value is -2.35. The fraction of sp³-hybridized carbons (Fsp3) is 0.400. The molecule has 2 aromatic heterocycles. The molecular formula is C15H17N5O2S. The maximum absolute atomic E-state index is 13.0. The van der Waals surface area contributed by atoms with E-state index in [-0.39, 0.29) is 11.8 Å². The molecule has 0 unspecified atom stereocenters. The third kappa shape index (κ3) is 2.39. The number of amides is 2. The van der Waals surface area contributed by atoms with Crippen LogP contribution >= 0.6 is 11.3 Å². The van der Waals surface area contributed by atoms with Crippen molar-refractivity contribution in [3.05, 3.63) is 40.4 Å². The summed E-state index contributed by atoms with van der Waals surface area (Å²) in [7, 11) is 1.57. The zero-order chi connectivity index (χ0) is 16.4. The van der Waals surface area contributed by atoms with Crippen LogP contribution in [0, 0.1) is 6.92 Å². The van der Waals surface area contributed by atoms with E-state index in [4.69, 9.17) is 0 Å². The fourth-order valence-electron chi connectivity index (χ4n) is 3.06. The van der Waals surface area contributed by atoms with Crippen molar-refractivity contribution in [1.82, 2.24) is 25.2 Å². The van der Waals surface area contributed by atoms with Gasteiger partial charge in [0.25, 0.3) is 11.8 Å². The largest absolute Gasteiger partial charge is 0.357 e. The van der Waals surface area contributed by atoms with E-state index >= 15 is 0 Å². The van der Waals surface area contributed by atoms with Gasteiger partial charge in [0, 0.05) is 26.0 Å². The van der Waals surface area contributed by atoms with Gasteiger partial charge >= 0.3 is 0 Å². The highest BCUT2D eigenvalue weighted by atomic mass is 32.1. The molecule has 0 aromatic carbocycles. The lowest BCUT2D eigenvalue weighted by molar-refractivity contribution is -0.131. The van der Waals surface area contributed by atoms with Gasteiger partial charge in [0.2, 0.25) is 0 Å². The zero-order valence-electron chi connectivity index (χ0n) is 12.9. The molecule has 23 heavy (non-hydrogen) atoms. The molecule has 0 saturated carbocycles. The summed E-state index contributed by atoms with van der Waals surface area (Å²) in [6.45, 7) is 2.30. The summed E-state index contributed by atoms with van der Waals surface area (Å²) in [5.41, 5.74) is 1.70. The Morgan fingerprint density at radius 1 is 1.35 bits per heavy atom. The lowest BCUT2D eigenvalue weighted by Gasteiger charge is -2.35. The number of aryl methyl sites for hydroxylation is 1. The molecule has 2 aromatic rings. The number of carbonyl (C=O) groups is 2. The van der Waals surface area contributed by atoms with Crippen LogP contribution in [0.1, 0.15) is 33.9 Å². The van der Waals surface area contributed by atoms with E-state index in [1.54, 1.807) is 43.0 Å². The van der Waals surface area contributed by atoms with Crippen molar-refractivity contribution in [2.45, 2.75) is 25.3 Å². The van der Waals surface area contributed by atoms with Crippen LogP contribution in [-0.2, 0) is 10.3 Å². The van der Waals surface area contributed by atoms with E-state index < -0.39 is 5.54 Å². The topological polar surface area (TPSA) is 88.1 Å². The number of carbonyl (C=O) groups excluding carboxylic acids is 2. The van der Waals surface area contributed by atoms with Gasteiger partial charge in [-0.05, 0) is 19.8 Å². The van der Waals surface area contributed by atoms with E-state index in [1.165, 1.54) is 11.3 Å². The monoisotopic (exact) mass is 331 g/mol. The van der Waals surface area contributed by atoms with Gasteiger partial charge in [-0.15, -0.1) is 11.3 Å². The molecule has 0 bridgehead atoms. The quantitative estimate of drug-likeness (QED) is 0.910. The van der Waals surface area contributed by atoms with Crippen molar-refractivity contribution in [1.29, 1.82) is 0 Å². The minimum atomic E-state index is -1.11. The summed E-state index contributed by atoms with van der Waals surface area (Å²) in [6.07, 6.45) is 5.90. The Morgan fingerprint density at radius 3 is 2.78 bits per heavy atom. The number of likely N-dealkylation sites (N-methyl/N-ethyl adjacent to an activating group) is 1. The Morgan fingerprint density at radius 2 is 2.17 bits per heavy atom. The number of hydrogen-bond acceptors (Lipinski definition) is 6. The second-order valence-electron chi connectivity index (χ2n) is 5.36. The number of likely N-dealkylation sites (tertiary alicyclic amines) is 1. The third-order valence-electron chi connectivity index (χ3n) is 4.16. The second-order valence-corrected chi connectivity index (χ2v) is 6.21. The van der Waals surface area contributed by atoms with Gasteiger partial charge in [0.1, 0.15) is 4.88 Å². The number of rotatable bonds is 3. The Balaban J connectivity index is 2.10. The number of nitrogens with zero attached hydrogens (tertiary/aromatic N) is 4. The van der Waals surface area contributed by atoms with Crippen LogP contribution in [0.4, 0.5) is 0 Å². The number of aromatic nitrogens is 3. The summed E-state index contributed by atoms with van der Waals surface area (Å²) in [6, 6.07) is 0. The SMILES string of the molecule is CNC(=O)[C@@]1(c2cnccn2)CCCN1C(=O)c1scnc1C. The summed E-state index contributed by atoms with van der Waals surface area (Å²) in [5.74, 6) is -0.428. The molecule has 2 amide bonds. The molecule has 3 heterocycles. The van der Waals surface area contributed by atoms with E-state index in [0.717, 1.165) is 6.42 Å². The van der Waals surface area contributed by atoms with Crippen LogP contribution < -0.4 is 5.32 Å². The maximum atomic E-state index is 13.0. The third-order valence-corrected chi connectivity index (χ3v) is 5.07. The molecule has 1 aliphatic rings. The molecule has 0 aliphatic carbocycles. The van der Waals surface area contributed by atoms with Gasteiger partial charge in [0.05, 0.1) is 23.1 Å². The molecule has 7 nitrogen and oxygen atoms in total. The molecule has 0 radical (unpaired) electrons. The molecule has 1 N–H and O–H groups in total. The van der Waals surface area contributed by atoms with Crippen molar-refractivity contribution < 1.29 is 9.59 Å². The molecule has 8 heteroatoms. The highest BCUT2D eigenvalue weighted by molar-refractivity contribution is 7.11. The summed E-state index contributed by atoms with van der Waals surface area (Å²) < 4.78 is 0. The van der Waals surface area contributed by atoms with E-state index in [2.05, 4.69) is 20.3 Å². The van der Waals surface area contributed by atoms with Crippen LogP contribution in [0.15, 0.2) is 24.1 Å². The number of hydrogen-bond donors (Lipinski definition) is 1. The molecule has 1 saturated heterocycles. The first-order valence-corrected chi connectivity index (χ1v) is 8.20. The van der Waals surface area contributed by atoms with E-state index in [0.29, 0.717) is 29.2 Å². The van der Waals surface area contributed by atoms with Crippen molar-refractivity contribution in [3.63, 3.8) is 0 Å². The predicted molar refractivity (Wildman–Crippen MR) is 84.9 cm³/mol. The van der Waals surface area contributed by atoms with Crippen LogP contribution in [0.3, 0.4) is 0 Å². The van der Waals surface area contributed by atoms with Crippen molar-refractivity contribution in [3.8, 4) is 0 Å². The average molecular weight is 331 g/mol. The summed E-state index contributed by atoms with van der Waals surface area (Å²) in [5, 5.41) is 2.68. The summed E-state index contributed by atoms with van der Waals surface area (Å²) in [4.78, 5) is 40.4. The first kappa shape index (κ1) is 15.5. The van der Waals surface area contributed by atoms with Gasteiger partial charge in [-0.25, -0.2) is 4.98 Å². The maximum Gasteiger partial charge on any atom is 0.267 e. The molecule has 1 atom stereocenters. The Bertz CT molecular complexity index is 732. The van der Waals surface area contributed by atoms with E-state index in [1.807, 2.05) is 0 Å². The van der Waals surface area contributed by atoms with Crippen molar-refractivity contribution in [2.24, 2.45) is 0 Å². The normalized spacial score (nSPS) is 20.5. The summed E-state index contributed by atoms with van der Waals surface area (Å²) >= 11 is 1.29. The lowest BCUT2D eigenvalue weighted by atomic mass is 9.90. The van der Waals surface area contributed by atoms with Gasteiger partial charge in [-0.3, -0.25) is 19.6 Å². The number of nitrogens with one attached hydrogen (secondary N) is 1. The molecule has 1 aliphatic heterocycles. The van der Waals surface area contributed by atoms with Crippen LogP contribution in [0.2, 0.25) is 0 Å². The standard InChI is InChI=1S/C15H17N5O2S/c1-10-12(23-9-19-10)13(21)20-7-3-4-15(20,14(22)16-2)11-8-17-5-6-18-11/h5-6,8-9H,3-4,7H2,1-2H3,(H,16,22)/t15-/m0/s1. The molecule has 1 fully saturated rings. The van der Waals surface area contributed by atoms with Crippen molar-refractivity contribution >= 4 is 23.2 Å². The number of thiazole rings is 1. The molecule has 120 valence electrons. The minimum absolute atomic E-state index is 0.184. The molecule has 0 spiro atoms. The minimum Gasteiger partial charge on any atom is -0.357 e. The van der Waals surface area contributed by atoms with Crippen LogP contribution in [0.25, 0.3) is 0 Å². The lowest BCUT2D eigenvalue weighted by Crippen LogP contribution is -2.54. The van der Waals surface area contributed by atoms with Gasteiger partial charge < -0.3 is 10.2 Å². The Labute approximate surface area is 137 Å². The smallest absolute Gasteiger partial charge is 0.267 e. The second kappa shape index (κ2) is 6.04. The van der Waals surface area contributed by atoms with Crippen molar-refractivity contribution in [2.75, 3.05) is 13.6 Å². The van der Waals surface area contributed by atoms with Gasteiger partial charge in [0.15, 0.2) is 5.54 Å². The van der Waals surface area contributed by atoms with Gasteiger partial charge in [-0.2, -0.15) is 0 Å². The molecular weight excluding hydrogens is 314 g/mol. The zero-order valence-corrected chi connectivity index (χ0v) is 13.8. The first-order chi connectivity index (χ1) is 11.1. The molecule has 3 rings (SSSR count). The Kier molecular flexibility index (Phi) is 4.08. The van der Waals surface area contributed by atoms with Crippen LogP contribution in [-0.4, -0.2) is 45.3 Å². The highest BCUT2D eigenvalue weighted by Gasteiger charge is 2.52. The van der Waals surface area contributed by atoms with Crippen LogP contribution in [0.5, 0.6) is 0 Å². The highest BCUT2D eigenvalue weighted by Crippen LogP contribution is 2.39. The van der Waals surface area contributed by atoms with Gasteiger partial charge in [-0.1, -0.05) is 0 Å². The average Bonchev–Trinajstić information content (AvgIpc) is 3.21. The fourth-order valence-corrected chi connectivity index (χ4v) is 3.81. The van der Waals surface area contributed by atoms with E-state index in [9.17, 15) is 9.59 Å². The predicted octanol–water partition coefficient (Wildman–Crippen LogP) is 1.12. The first-order valence-electron chi connectivity index (χ1n) is 7.32.